The molecule has 0 N–H and O–H groups in total. The summed E-state index contributed by atoms with van der Waals surface area (Å²) in [4.78, 5) is 9.80. The molecule has 1 saturated heterocycles. The molecule has 1 aliphatic heterocycles. The number of benzene rings is 1. The molecule has 4 rings (SSSR count). The maximum atomic E-state index is 13.4. The number of ether oxygens (including phenoxy) is 1. The summed E-state index contributed by atoms with van der Waals surface area (Å²) in [6, 6.07) is 3.29. The van der Waals surface area contributed by atoms with E-state index < -0.39 is 30.1 Å². The maximum Gasteiger partial charge on any atom is 0.316 e. The van der Waals surface area contributed by atoms with Crippen molar-refractivity contribution in [3.63, 3.8) is 0 Å². The Morgan fingerprint density at radius 2 is 1.80 bits per heavy atom. The first kappa shape index (κ1) is 20.0. The first-order valence-corrected chi connectivity index (χ1v) is 8.88. The van der Waals surface area contributed by atoms with Gasteiger partial charge in [-0.15, -0.1) is 5.10 Å². The van der Waals surface area contributed by atoms with E-state index in [9.17, 15) is 22.0 Å². The van der Waals surface area contributed by atoms with Crippen molar-refractivity contribution in [2.24, 2.45) is 5.92 Å². The van der Waals surface area contributed by atoms with Crippen LogP contribution in [0.15, 0.2) is 36.8 Å². The minimum atomic E-state index is -2.95. The Balaban J connectivity index is 1.35. The predicted molar refractivity (Wildman–Crippen MR) is 94.3 cm³/mol. The Labute approximate surface area is 167 Å². The number of alkyl halides is 4. The molecule has 0 bridgehead atoms. The van der Waals surface area contributed by atoms with Gasteiger partial charge in [0.1, 0.15) is 18.1 Å². The Morgan fingerprint density at radius 3 is 2.47 bits per heavy atom. The highest BCUT2D eigenvalue weighted by molar-refractivity contribution is 5.45. The zero-order valence-corrected chi connectivity index (χ0v) is 15.3. The van der Waals surface area contributed by atoms with E-state index >= 15 is 0 Å². The lowest BCUT2D eigenvalue weighted by atomic mass is 10.0. The van der Waals surface area contributed by atoms with Gasteiger partial charge in [0.05, 0.1) is 41.4 Å². The summed E-state index contributed by atoms with van der Waals surface area (Å²) < 4.78 is 70.8. The highest BCUT2D eigenvalue weighted by Crippen LogP contribution is 2.28. The van der Waals surface area contributed by atoms with Crippen molar-refractivity contribution in [3.8, 4) is 11.7 Å². The number of rotatable bonds is 7. The van der Waals surface area contributed by atoms with Crippen molar-refractivity contribution in [2.45, 2.75) is 19.5 Å². The lowest BCUT2D eigenvalue weighted by Crippen LogP contribution is -2.50. The zero-order valence-electron chi connectivity index (χ0n) is 15.3. The summed E-state index contributed by atoms with van der Waals surface area (Å²) in [7, 11) is 0. The number of hydrogen-bond donors (Lipinski definition) is 0. The van der Waals surface area contributed by atoms with E-state index in [0.717, 1.165) is 12.1 Å². The molecule has 30 heavy (non-hydrogen) atoms. The normalized spacial score (nSPS) is 14.4. The molecule has 0 atom stereocenters. The van der Waals surface area contributed by atoms with Gasteiger partial charge in [-0.05, 0) is 18.2 Å². The van der Waals surface area contributed by atoms with Crippen LogP contribution in [0.2, 0.25) is 0 Å². The highest BCUT2D eigenvalue weighted by atomic mass is 19.3. The van der Waals surface area contributed by atoms with E-state index in [1.807, 2.05) is 0 Å². The second-order valence-corrected chi connectivity index (χ2v) is 6.67. The van der Waals surface area contributed by atoms with E-state index in [-0.39, 0.29) is 31.4 Å². The Kier molecular flexibility index (Phi) is 5.46. The molecule has 0 radical (unpaired) electrons. The molecule has 3 heterocycles. The van der Waals surface area contributed by atoms with Crippen molar-refractivity contribution in [2.75, 3.05) is 18.0 Å². The van der Waals surface area contributed by atoms with Gasteiger partial charge in [-0.3, -0.25) is 0 Å². The van der Waals surface area contributed by atoms with Crippen LogP contribution in [-0.4, -0.2) is 44.5 Å². The third-order valence-corrected chi connectivity index (χ3v) is 4.62. The van der Waals surface area contributed by atoms with Crippen LogP contribution in [0.3, 0.4) is 0 Å². The third kappa shape index (κ3) is 4.16. The molecule has 1 aromatic carbocycles. The van der Waals surface area contributed by atoms with Gasteiger partial charge >= 0.3 is 6.01 Å². The SMILES string of the molecule is Fc1ccc(-n2cc(COc3ncc(N4CC(C(F)F)C4)cn3)nn2)cc1C(F)F. The standard InChI is InChI=1S/C18H15F5N6O/c19-15-2-1-12(3-14(15)17(22)23)29-8-11(26-27-29)9-30-18-24-4-13(5-25-18)28-6-10(7-28)16(20)21/h1-5,8,10,16-17H,6-7,9H2. The minimum absolute atomic E-state index is 0.0422. The van der Waals surface area contributed by atoms with Gasteiger partial charge in [-0.2, -0.15) is 0 Å². The molecule has 0 unspecified atom stereocenters. The van der Waals surface area contributed by atoms with Crippen LogP contribution in [-0.2, 0) is 6.61 Å². The average Bonchev–Trinajstić information content (AvgIpc) is 3.15. The Morgan fingerprint density at radius 1 is 1.07 bits per heavy atom. The number of halogens is 5. The first-order valence-electron chi connectivity index (χ1n) is 8.88. The fourth-order valence-corrected chi connectivity index (χ4v) is 2.90. The lowest BCUT2D eigenvalue weighted by Gasteiger charge is -2.39. The molecule has 3 aromatic rings. The van der Waals surface area contributed by atoms with Crippen LogP contribution in [0.4, 0.5) is 27.6 Å². The van der Waals surface area contributed by atoms with Gasteiger partial charge < -0.3 is 9.64 Å². The van der Waals surface area contributed by atoms with Crippen molar-refractivity contribution in [1.82, 2.24) is 25.0 Å². The number of nitrogens with zero attached hydrogens (tertiary/aromatic N) is 6. The van der Waals surface area contributed by atoms with Gasteiger partial charge in [-0.1, -0.05) is 5.21 Å². The predicted octanol–water partition coefficient (Wildman–Crippen LogP) is 3.41. The molecule has 0 aliphatic carbocycles. The largest absolute Gasteiger partial charge is 0.457 e. The second kappa shape index (κ2) is 8.20. The number of hydrogen-bond acceptors (Lipinski definition) is 6. The van der Waals surface area contributed by atoms with E-state index in [4.69, 9.17) is 4.74 Å². The summed E-state index contributed by atoms with van der Waals surface area (Å²) in [5.41, 5.74) is 0.489. The van der Waals surface area contributed by atoms with Crippen LogP contribution in [0.1, 0.15) is 17.7 Å². The summed E-state index contributed by atoms with van der Waals surface area (Å²) in [5.74, 6) is -1.64. The van der Waals surface area contributed by atoms with Crippen LogP contribution < -0.4 is 9.64 Å². The Hall–Kier alpha value is -3.31. The molecular formula is C18H15F5N6O. The van der Waals surface area contributed by atoms with Gasteiger partial charge in [0.25, 0.3) is 6.43 Å². The van der Waals surface area contributed by atoms with E-state index in [1.54, 1.807) is 4.90 Å². The molecular weight excluding hydrogens is 411 g/mol. The van der Waals surface area contributed by atoms with Gasteiger partial charge in [-0.25, -0.2) is 36.6 Å². The summed E-state index contributed by atoms with van der Waals surface area (Å²) in [6.07, 6.45) is -0.887. The number of aromatic nitrogens is 5. The zero-order chi connectivity index (χ0) is 21.3. The first-order chi connectivity index (χ1) is 14.4. The topological polar surface area (TPSA) is 69.0 Å². The van der Waals surface area contributed by atoms with Crippen molar-refractivity contribution < 1.29 is 26.7 Å². The molecule has 0 amide bonds. The van der Waals surface area contributed by atoms with Gasteiger partial charge in [0.15, 0.2) is 0 Å². The van der Waals surface area contributed by atoms with Crippen molar-refractivity contribution in [1.29, 1.82) is 0 Å². The highest BCUT2D eigenvalue weighted by Gasteiger charge is 2.34. The summed E-state index contributed by atoms with van der Waals surface area (Å²) in [5, 5.41) is 7.69. The monoisotopic (exact) mass is 426 g/mol. The molecule has 0 spiro atoms. The summed E-state index contributed by atoms with van der Waals surface area (Å²) >= 11 is 0. The van der Waals surface area contributed by atoms with E-state index in [2.05, 4.69) is 20.3 Å². The molecule has 7 nitrogen and oxygen atoms in total. The van der Waals surface area contributed by atoms with E-state index in [1.165, 1.54) is 29.3 Å². The summed E-state index contributed by atoms with van der Waals surface area (Å²) in [6.45, 7) is 0.460. The molecule has 0 saturated carbocycles. The van der Waals surface area contributed by atoms with Crippen molar-refractivity contribution >= 4 is 5.69 Å². The molecule has 1 fully saturated rings. The van der Waals surface area contributed by atoms with Gasteiger partial charge in [0.2, 0.25) is 6.43 Å². The Bertz CT molecular complexity index is 1010. The molecule has 1 aliphatic rings. The minimum Gasteiger partial charge on any atom is -0.457 e. The van der Waals surface area contributed by atoms with E-state index in [0.29, 0.717) is 11.4 Å². The quantitative estimate of drug-likeness (QED) is 0.540. The van der Waals surface area contributed by atoms with Crippen molar-refractivity contribution in [3.05, 3.63) is 53.9 Å². The second-order valence-electron chi connectivity index (χ2n) is 6.67. The maximum absolute atomic E-state index is 13.4. The van der Waals surface area contributed by atoms with Crippen LogP contribution in [0, 0.1) is 11.7 Å². The van der Waals surface area contributed by atoms with Crippen LogP contribution in [0.5, 0.6) is 6.01 Å². The average molecular weight is 426 g/mol. The lowest BCUT2D eigenvalue weighted by molar-refractivity contribution is 0.0613. The fraction of sp³-hybridized carbons (Fsp3) is 0.333. The molecule has 2 aromatic heterocycles. The van der Waals surface area contributed by atoms with Gasteiger partial charge in [0, 0.05) is 13.1 Å². The molecule has 158 valence electrons. The molecule has 12 heteroatoms. The van der Waals surface area contributed by atoms with Crippen LogP contribution in [0.25, 0.3) is 5.69 Å². The third-order valence-electron chi connectivity index (χ3n) is 4.62. The fourth-order valence-electron chi connectivity index (χ4n) is 2.90. The smallest absolute Gasteiger partial charge is 0.316 e. The number of anilines is 1. The van der Waals surface area contributed by atoms with Crippen LogP contribution >= 0.6 is 0 Å².